The molecule has 182 valence electrons. The first kappa shape index (κ1) is 23.4. The maximum absolute atomic E-state index is 9.91. The fraction of sp³-hybridized carbons (Fsp3) is 0.346. The molecule has 2 atom stereocenters. The summed E-state index contributed by atoms with van der Waals surface area (Å²) in [4.78, 5) is 15.6. The van der Waals surface area contributed by atoms with Crippen molar-refractivity contribution in [2.45, 2.75) is 18.9 Å². The van der Waals surface area contributed by atoms with Gasteiger partial charge in [-0.25, -0.2) is 15.0 Å². The van der Waals surface area contributed by atoms with Gasteiger partial charge in [0, 0.05) is 33.3 Å². The molecule has 0 amide bonds. The highest BCUT2D eigenvalue weighted by Crippen LogP contribution is 2.27. The first-order valence-electron chi connectivity index (χ1n) is 11.8. The van der Waals surface area contributed by atoms with E-state index in [4.69, 9.17) is 9.47 Å². The van der Waals surface area contributed by atoms with Gasteiger partial charge in [-0.3, -0.25) is 9.47 Å². The van der Waals surface area contributed by atoms with Gasteiger partial charge < -0.3 is 19.9 Å². The summed E-state index contributed by atoms with van der Waals surface area (Å²) in [7, 11) is 1.66. The van der Waals surface area contributed by atoms with Crippen molar-refractivity contribution in [3.8, 4) is 11.1 Å². The molecule has 9 heteroatoms. The minimum atomic E-state index is -0.323. The van der Waals surface area contributed by atoms with E-state index in [-0.39, 0.29) is 18.9 Å². The number of morpholine rings is 1. The third-order valence-corrected chi connectivity index (χ3v) is 6.16. The number of aliphatic hydroxyl groups excluding tert-OH is 1. The molecule has 9 nitrogen and oxygen atoms in total. The lowest BCUT2D eigenvalue weighted by molar-refractivity contribution is -0.135. The van der Waals surface area contributed by atoms with Crippen LogP contribution in [0.5, 0.6) is 0 Å². The number of anilines is 1. The molecule has 0 saturated carbocycles. The van der Waals surface area contributed by atoms with Crippen LogP contribution in [0.2, 0.25) is 0 Å². The molecule has 0 spiro atoms. The van der Waals surface area contributed by atoms with Crippen LogP contribution in [-0.4, -0.2) is 75.6 Å². The number of methoxy groups -OCH3 is 1. The molecular formula is C26H30N6O3. The van der Waals surface area contributed by atoms with Crippen LogP contribution in [0.25, 0.3) is 22.3 Å². The van der Waals surface area contributed by atoms with E-state index in [9.17, 15) is 5.11 Å². The summed E-state index contributed by atoms with van der Waals surface area (Å²) < 4.78 is 13.2. The van der Waals surface area contributed by atoms with Crippen molar-refractivity contribution < 1.29 is 14.6 Å². The number of nitrogens with one attached hydrogen (secondary N) is 1. The number of hydrogen-bond donors (Lipinski definition) is 2. The van der Waals surface area contributed by atoms with Gasteiger partial charge in [-0.2, -0.15) is 0 Å². The van der Waals surface area contributed by atoms with Crippen molar-refractivity contribution in [1.29, 1.82) is 0 Å². The van der Waals surface area contributed by atoms with Crippen molar-refractivity contribution in [1.82, 2.24) is 24.4 Å². The van der Waals surface area contributed by atoms with Crippen molar-refractivity contribution >= 4 is 17.0 Å². The first-order valence-corrected chi connectivity index (χ1v) is 11.8. The summed E-state index contributed by atoms with van der Waals surface area (Å²) in [6.45, 7) is 3.20. The monoisotopic (exact) mass is 474 g/mol. The van der Waals surface area contributed by atoms with Crippen LogP contribution in [0.15, 0.2) is 67.3 Å². The molecule has 0 radical (unpaired) electrons. The lowest BCUT2D eigenvalue weighted by atomic mass is 10.0. The average Bonchev–Trinajstić information content (AvgIpc) is 3.35. The number of aliphatic hydroxyl groups is 1. The Bertz CT molecular complexity index is 1230. The van der Waals surface area contributed by atoms with Crippen LogP contribution < -0.4 is 5.32 Å². The standard InChI is InChI=1S/C26H30N6O3/c1-34-12-11-27-25-24-26(29-17-28-25)32(18-30-24)23-15-31(14-22(16-33)35-23)13-19-7-9-21(10-8-19)20-5-3-2-4-6-20/h2-10,17-18,22-23,33H,11-16H2,1H3,(H,27,28,29)/t22-,23+/m0/s1. The van der Waals surface area contributed by atoms with Crippen LogP contribution in [-0.2, 0) is 16.0 Å². The maximum Gasteiger partial charge on any atom is 0.167 e. The normalized spacial score (nSPS) is 18.7. The number of rotatable bonds is 9. The van der Waals surface area contributed by atoms with Gasteiger partial charge in [-0.15, -0.1) is 0 Å². The van der Waals surface area contributed by atoms with Crippen molar-refractivity contribution in [2.75, 3.05) is 45.3 Å². The molecule has 0 unspecified atom stereocenters. The van der Waals surface area contributed by atoms with Gasteiger partial charge in [0.25, 0.3) is 0 Å². The van der Waals surface area contributed by atoms with Crippen LogP contribution in [0.4, 0.5) is 5.82 Å². The summed E-state index contributed by atoms with van der Waals surface area (Å²) in [6, 6.07) is 19.0. The molecule has 1 aliphatic heterocycles. The second-order valence-corrected chi connectivity index (χ2v) is 8.62. The Morgan fingerprint density at radius 1 is 1.03 bits per heavy atom. The van der Waals surface area contributed by atoms with E-state index >= 15 is 0 Å². The summed E-state index contributed by atoms with van der Waals surface area (Å²) in [6.07, 6.45) is 2.64. The van der Waals surface area contributed by atoms with Crippen LogP contribution >= 0.6 is 0 Å². The first-order chi connectivity index (χ1) is 17.2. The van der Waals surface area contributed by atoms with E-state index in [0.717, 1.165) is 6.54 Å². The second kappa shape index (κ2) is 10.9. The van der Waals surface area contributed by atoms with Crippen LogP contribution in [0, 0.1) is 0 Å². The number of hydrogen-bond acceptors (Lipinski definition) is 8. The third kappa shape index (κ3) is 5.33. The molecule has 1 aliphatic rings. The van der Waals surface area contributed by atoms with Gasteiger partial charge in [0.1, 0.15) is 12.6 Å². The largest absolute Gasteiger partial charge is 0.394 e. The number of fused-ring (bicyclic) bond motifs is 1. The van der Waals surface area contributed by atoms with Gasteiger partial charge in [-0.1, -0.05) is 54.6 Å². The number of nitrogens with zero attached hydrogens (tertiary/aromatic N) is 5. The van der Waals surface area contributed by atoms with E-state index in [1.165, 1.54) is 23.0 Å². The Morgan fingerprint density at radius 3 is 2.60 bits per heavy atom. The molecule has 1 saturated heterocycles. The van der Waals surface area contributed by atoms with Gasteiger partial charge in [0.05, 0.1) is 25.6 Å². The fourth-order valence-corrected chi connectivity index (χ4v) is 4.43. The molecule has 5 rings (SSSR count). The third-order valence-electron chi connectivity index (χ3n) is 6.16. The minimum absolute atomic E-state index is 0.0502. The van der Waals surface area contributed by atoms with E-state index in [1.54, 1.807) is 13.4 Å². The lowest BCUT2D eigenvalue weighted by Gasteiger charge is -2.38. The SMILES string of the molecule is COCCNc1ncnc2c1ncn2[C@H]1CN(Cc2ccc(-c3ccccc3)cc2)C[C@@H](CO)O1. The number of benzene rings is 2. The highest BCUT2D eigenvalue weighted by Gasteiger charge is 2.30. The Balaban J connectivity index is 1.32. The quantitative estimate of drug-likeness (QED) is 0.358. The molecule has 3 heterocycles. The molecule has 2 aromatic heterocycles. The van der Waals surface area contributed by atoms with Gasteiger partial charge in [0.2, 0.25) is 0 Å². The van der Waals surface area contributed by atoms with E-state index in [2.05, 4.69) is 73.7 Å². The van der Waals surface area contributed by atoms with Gasteiger partial charge in [0.15, 0.2) is 17.0 Å². The Labute approximate surface area is 204 Å². The summed E-state index contributed by atoms with van der Waals surface area (Å²) in [5.74, 6) is 0.663. The van der Waals surface area contributed by atoms with Crippen molar-refractivity contribution in [2.24, 2.45) is 0 Å². The molecular weight excluding hydrogens is 444 g/mol. The predicted octanol–water partition coefficient (Wildman–Crippen LogP) is 2.94. The molecule has 35 heavy (non-hydrogen) atoms. The van der Waals surface area contributed by atoms with E-state index in [0.29, 0.717) is 43.2 Å². The molecule has 2 aromatic carbocycles. The van der Waals surface area contributed by atoms with Crippen molar-refractivity contribution in [3.63, 3.8) is 0 Å². The van der Waals surface area contributed by atoms with E-state index in [1.807, 2.05) is 10.6 Å². The number of ether oxygens (including phenoxy) is 2. The molecule has 0 aliphatic carbocycles. The zero-order chi connectivity index (χ0) is 24.0. The Kier molecular flexibility index (Phi) is 7.29. The maximum atomic E-state index is 9.91. The van der Waals surface area contributed by atoms with Gasteiger partial charge >= 0.3 is 0 Å². The molecule has 2 N–H and O–H groups in total. The number of imidazole rings is 1. The fourth-order valence-electron chi connectivity index (χ4n) is 4.43. The highest BCUT2D eigenvalue weighted by atomic mass is 16.5. The zero-order valence-electron chi connectivity index (χ0n) is 19.7. The van der Waals surface area contributed by atoms with Crippen molar-refractivity contribution in [3.05, 3.63) is 72.8 Å². The average molecular weight is 475 g/mol. The Hall–Kier alpha value is -3.37. The van der Waals surface area contributed by atoms with E-state index < -0.39 is 0 Å². The Morgan fingerprint density at radius 2 is 1.83 bits per heavy atom. The number of aromatic nitrogens is 4. The van der Waals surface area contributed by atoms with Gasteiger partial charge in [-0.05, 0) is 16.7 Å². The zero-order valence-corrected chi connectivity index (χ0v) is 19.7. The summed E-state index contributed by atoms with van der Waals surface area (Å²) >= 11 is 0. The predicted molar refractivity (Wildman–Crippen MR) is 134 cm³/mol. The summed E-state index contributed by atoms with van der Waals surface area (Å²) in [5.41, 5.74) is 4.99. The molecule has 0 bridgehead atoms. The topological polar surface area (TPSA) is 97.6 Å². The summed E-state index contributed by atoms with van der Waals surface area (Å²) in [5, 5.41) is 13.1. The van der Waals surface area contributed by atoms with Crippen LogP contribution in [0.3, 0.4) is 0 Å². The second-order valence-electron chi connectivity index (χ2n) is 8.62. The highest BCUT2D eigenvalue weighted by molar-refractivity contribution is 5.82. The minimum Gasteiger partial charge on any atom is -0.394 e. The molecule has 4 aromatic rings. The lowest BCUT2D eigenvalue weighted by Crippen LogP contribution is -2.46. The van der Waals surface area contributed by atoms with Crippen LogP contribution in [0.1, 0.15) is 11.8 Å². The smallest absolute Gasteiger partial charge is 0.167 e. The molecule has 1 fully saturated rings.